The molecule has 0 radical (unpaired) electrons. The van der Waals surface area contributed by atoms with Crippen molar-refractivity contribution in [2.45, 2.75) is 31.4 Å². The number of hydrogen-bond donors (Lipinski definition) is 2. The maximum Gasteiger partial charge on any atom is 0.242 e. The van der Waals surface area contributed by atoms with E-state index >= 15 is 0 Å². The van der Waals surface area contributed by atoms with Gasteiger partial charge in [-0.1, -0.05) is 0 Å². The van der Waals surface area contributed by atoms with Crippen LogP contribution in [0.5, 0.6) is 0 Å². The van der Waals surface area contributed by atoms with Crippen LogP contribution in [0.2, 0.25) is 0 Å². The first kappa shape index (κ1) is 15.6. The van der Waals surface area contributed by atoms with Crippen molar-refractivity contribution in [1.29, 1.82) is 0 Å². The van der Waals surface area contributed by atoms with E-state index in [0.717, 1.165) is 10.4 Å². The predicted octanol–water partition coefficient (Wildman–Crippen LogP) is 1.09. The minimum Gasteiger partial charge on any atom is -0.380 e. The number of hydrogen-bond acceptors (Lipinski definition) is 5. The zero-order valence-corrected chi connectivity index (χ0v) is 12.7. The lowest BCUT2D eigenvalue weighted by Crippen LogP contribution is -2.32. The zero-order valence-electron chi connectivity index (χ0n) is 11.1. The molecular formula is C11H20N2O3S2. The van der Waals surface area contributed by atoms with E-state index in [9.17, 15) is 8.42 Å². The fraction of sp³-hybridized carbons (Fsp3) is 0.636. The molecule has 0 aliphatic carbocycles. The third-order valence-electron chi connectivity index (χ3n) is 2.56. The van der Waals surface area contributed by atoms with Crippen molar-refractivity contribution in [2.24, 2.45) is 0 Å². The molecule has 7 heteroatoms. The van der Waals surface area contributed by atoms with Crippen LogP contribution >= 0.6 is 11.3 Å². The van der Waals surface area contributed by atoms with Crippen LogP contribution in [0, 0.1) is 6.92 Å². The second-order valence-electron chi connectivity index (χ2n) is 4.10. The number of thiophene rings is 1. The highest BCUT2D eigenvalue weighted by atomic mass is 32.2. The van der Waals surface area contributed by atoms with Gasteiger partial charge in [-0.2, -0.15) is 0 Å². The molecule has 1 heterocycles. The first-order valence-corrected chi connectivity index (χ1v) is 8.02. The molecule has 0 aromatic carbocycles. The molecule has 0 bridgehead atoms. The highest BCUT2D eigenvalue weighted by molar-refractivity contribution is 7.89. The molecule has 1 unspecified atom stereocenters. The van der Waals surface area contributed by atoms with Crippen molar-refractivity contribution in [3.05, 3.63) is 15.8 Å². The highest BCUT2D eigenvalue weighted by Gasteiger charge is 2.22. The van der Waals surface area contributed by atoms with Gasteiger partial charge in [0.2, 0.25) is 10.0 Å². The van der Waals surface area contributed by atoms with Gasteiger partial charge < -0.3 is 10.1 Å². The van der Waals surface area contributed by atoms with E-state index < -0.39 is 10.0 Å². The van der Waals surface area contributed by atoms with E-state index in [1.807, 2.05) is 19.2 Å². The number of nitrogens with one attached hydrogen (secondary N) is 2. The molecule has 0 saturated heterocycles. The van der Waals surface area contributed by atoms with Crippen LogP contribution in [0.15, 0.2) is 10.3 Å². The van der Waals surface area contributed by atoms with E-state index in [-0.39, 0.29) is 12.6 Å². The van der Waals surface area contributed by atoms with Gasteiger partial charge >= 0.3 is 0 Å². The van der Waals surface area contributed by atoms with Gasteiger partial charge in [-0.3, -0.25) is 0 Å². The normalized spacial score (nSPS) is 13.8. The Kier molecular flexibility index (Phi) is 5.74. The van der Waals surface area contributed by atoms with E-state index in [1.54, 1.807) is 14.2 Å². The second kappa shape index (κ2) is 6.63. The summed E-state index contributed by atoms with van der Waals surface area (Å²) in [5.41, 5.74) is 0.780. The van der Waals surface area contributed by atoms with Gasteiger partial charge in [0.25, 0.3) is 0 Å². The Morgan fingerprint density at radius 1 is 1.50 bits per heavy atom. The molecule has 5 nitrogen and oxygen atoms in total. The van der Waals surface area contributed by atoms with Crippen molar-refractivity contribution in [2.75, 3.05) is 20.7 Å². The molecule has 1 aromatic rings. The molecule has 18 heavy (non-hydrogen) atoms. The van der Waals surface area contributed by atoms with Crippen molar-refractivity contribution in [3.63, 3.8) is 0 Å². The standard InChI is InChI=1S/C11H20N2O3S2/c1-8-7-17-10(6-12-3)11(8)18(14,15)13-5-9(2)16-4/h7,9,12-13H,5-6H2,1-4H3. The number of aryl methyl sites for hydroxylation is 1. The average Bonchev–Trinajstić information content (AvgIpc) is 2.69. The fourth-order valence-electron chi connectivity index (χ4n) is 1.51. The second-order valence-corrected chi connectivity index (χ2v) is 6.77. The minimum absolute atomic E-state index is 0.147. The van der Waals surface area contributed by atoms with E-state index in [2.05, 4.69) is 10.0 Å². The summed E-state index contributed by atoms with van der Waals surface area (Å²) in [5, 5.41) is 4.84. The largest absolute Gasteiger partial charge is 0.380 e. The van der Waals surface area contributed by atoms with Crippen LogP contribution < -0.4 is 10.0 Å². The van der Waals surface area contributed by atoms with Gasteiger partial charge in [-0.25, -0.2) is 13.1 Å². The van der Waals surface area contributed by atoms with Gasteiger partial charge in [0.15, 0.2) is 0 Å². The number of ether oxygens (including phenoxy) is 1. The highest BCUT2D eigenvalue weighted by Crippen LogP contribution is 2.26. The Morgan fingerprint density at radius 2 is 2.17 bits per heavy atom. The Labute approximate surface area is 113 Å². The molecule has 0 aliphatic heterocycles. The molecule has 104 valence electrons. The maximum atomic E-state index is 12.2. The fourth-order valence-corrected chi connectivity index (χ4v) is 4.45. The van der Waals surface area contributed by atoms with E-state index in [1.165, 1.54) is 11.3 Å². The van der Waals surface area contributed by atoms with Crippen LogP contribution in [0.1, 0.15) is 17.4 Å². The molecule has 0 spiro atoms. The SMILES string of the molecule is CNCc1scc(C)c1S(=O)(=O)NCC(C)OC. The summed E-state index contributed by atoms with van der Waals surface area (Å²) in [6.45, 7) is 4.45. The lowest BCUT2D eigenvalue weighted by molar-refractivity contribution is 0.122. The summed E-state index contributed by atoms with van der Waals surface area (Å²) in [6.07, 6.45) is -0.147. The third-order valence-corrected chi connectivity index (χ3v) is 5.44. The average molecular weight is 292 g/mol. The monoisotopic (exact) mass is 292 g/mol. The Balaban J connectivity index is 2.93. The molecule has 1 rings (SSSR count). The van der Waals surface area contributed by atoms with Crippen LogP contribution in [0.4, 0.5) is 0 Å². The summed E-state index contributed by atoms with van der Waals surface area (Å²) in [5.74, 6) is 0. The van der Waals surface area contributed by atoms with Crippen LogP contribution in [-0.4, -0.2) is 35.2 Å². The van der Waals surface area contributed by atoms with E-state index in [4.69, 9.17) is 4.74 Å². The summed E-state index contributed by atoms with van der Waals surface area (Å²) in [7, 11) is -0.111. The smallest absolute Gasteiger partial charge is 0.242 e. The van der Waals surface area contributed by atoms with E-state index in [0.29, 0.717) is 11.4 Å². The summed E-state index contributed by atoms with van der Waals surface area (Å²) in [4.78, 5) is 1.22. The van der Waals surface area contributed by atoms with Gasteiger partial charge in [-0.15, -0.1) is 11.3 Å². The third kappa shape index (κ3) is 3.76. The van der Waals surface area contributed by atoms with Crippen LogP contribution in [-0.2, 0) is 21.3 Å². The van der Waals surface area contributed by atoms with Crippen LogP contribution in [0.3, 0.4) is 0 Å². The lowest BCUT2D eigenvalue weighted by Gasteiger charge is -2.12. The quantitative estimate of drug-likeness (QED) is 0.789. The first-order chi connectivity index (χ1) is 8.42. The van der Waals surface area contributed by atoms with Crippen molar-refractivity contribution in [3.8, 4) is 0 Å². The molecule has 1 aromatic heterocycles. The van der Waals surface area contributed by atoms with Gasteiger partial charge in [0, 0.05) is 25.1 Å². The minimum atomic E-state index is -3.47. The topological polar surface area (TPSA) is 67.4 Å². The van der Waals surface area contributed by atoms with Gasteiger partial charge in [0.1, 0.15) is 4.90 Å². The molecule has 0 fully saturated rings. The van der Waals surface area contributed by atoms with Crippen molar-refractivity contribution < 1.29 is 13.2 Å². The Hall–Kier alpha value is -0.470. The lowest BCUT2D eigenvalue weighted by atomic mass is 10.3. The Bertz CT molecular complexity index is 482. The Morgan fingerprint density at radius 3 is 2.72 bits per heavy atom. The number of sulfonamides is 1. The number of rotatable bonds is 7. The first-order valence-electron chi connectivity index (χ1n) is 5.66. The number of methoxy groups -OCH3 is 1. The summed E-state index contributed by atoms with van der Waals surface area (Å²) >= 11 is 1.45. The molecule has 0 saturated carbocycles. The molecular weight excluding hydrogens is 272 g/mol. The maximum absolute atomic E-state index is 12.2. The molecule has 0 aliphatic rings. The van der Waals surface area contributed by atoms with Crippen molar-refractivity contribution in [1.82, 2.24) is 10.0 Å². The van der Waals surface area contributed by atoms with Gasteiger partial charge in [-0.05, 0) is 31.8 Å². The summed E-state index contributed by atoms with van der Waals surface area (Å²) < 4.78 is 32.1. The summed E-state index contributed by atoms with van der Waals surface area (Å²) in [6, 6.07) is 0. The predicted molar refractivity (Wildman–Crippen MR) is 73.5 cm³/mol. The molecule has 1 atom stereocenters. The van der Waals surface area contributed by atoms with Gasteiger partial charge in [0.05, 0.1) is 6.10 Å². The van der Waals surface area contributed by atoms with Crippen molar-refractivity contribution >= 4 is 21.4 Å². The zero-order chi connectivity index (χ0) is 13.8. The van der Waals surface area contributed by atoms with Crippen LogP contribution in [0.25, 0.3) is 0 Å². The molecule has 2 N–H and O–H groups in total. The molecule has 0 amide bonds.